The Hall–Kier alpha value is -1.31. The highest BCUT2D eigenvalue weighted by molar-refractivity contribution is 5.85. The minimum atomic E-state index is 0. The van der Waals surface area contributed by atoms with E-state index >= 15 is 0 Å². The topological polar surface area (TPSA) is 3.24 Å². The molecule has 22 heavy (non-hydrogen) atoms. The summed E-state index contributed by atoms with van der Waals surface area (Å²) in [7, 11) is 0. The minimum absolute atomic E-state index is 0. The lowest BCUT2D eigenvalue weighted by Gasteiger charge is -2.43. The van der Waals surface area contributed by atoms with Crippen molar-refractivity contribution in [3.63, 3.8) is 0 Å². The molecule has 2 heteroatoms. The molecule has 0 unspecified atom stereocenters. The number of piperidine rings is 1. The molecule has 0 atom stereocenters. The van der Waals surface area contributed by atoms with Crippen LogP contribution in [0, 0.1) is 0 Å². The molecule has 1 fully saturated rings. The van der Waals surface area contributed by atoms with E-state index < -0.39 is 0 Å². The van der Waals surface area contributed by atoms with Gasteiger partial charge in [0.05, 0.1) is 0 Å². The highest BCUT2D eigenvalue weighted by atomic mass is 35.5. The first-order valence-corrected chi connectivity index (χ1v) is 8.18. The van der Waals surface area contributed by atoms with Crippen molar-refractivity contribution in [2.75, 3.05) is 19.6 Å². The number of halogens is 1. The summed E-state index contributed by atoms with van der Waals surface area (Å²) in [5.41, 5.74) is 3.16. The first-order valence-electron chi connectivity index (χ1n) is 8.18. The third-order valence-corrected chi connectivity index (χ3v) is 4.90. The molecule has 0 aromatic heterocycles. The second kappa shape index (κ2) is 7.80. The Labute approximate surface area is 140 Å². The highest BCUT2D eigenvalue weighted by Crippen LogP contribution is 2.41. The van der Waals surface area contributed by atoms with Gasteiger partial charge in [0.2, 0.25) is 0 Å². The van der Waals surface area contributed by atoms with Crippen LogP contribution in [0.4, 0.5) is 0 Å². The predicted octanol–water partition coefficient (Wildman–Crippen LogP) is 4.90. The van der Waals surface area contributed by atoms with Crippen LogP contribution in [-0.4, -0.2) is 24.5 Å². The van der Waals surface area contributed by atoms with Gasteiger partial charge in [0, 0.05) is 5.41 Å². The van der Waals surface area contributed by atoms with E-state index in [0.29, 0.717) is 0 Å². The SMILES string of the molecule is CCCN1CCC(c2ccccc2)(c2ccccc2)CC1.Cl. The Bertz CT molecular complexity index is 503. The average Bonchev–Trinajstić information content (AvgIpc) is 2.58. The molecule has 0 saturated carbocycles. The quantitative estimate of drug-likeness (QED) is 0.775. The first-order chi connectivity index (χ1) is 10.3. The van der Waals surface area contributed by atoms with Crippen molar-refractivity contribution in [2.24, 2.45) is 0 Å². The third kappa shape index (κ3) is 3.37. The van der Waals surface area contributed by atoms with Gasteiger partial charge in [-0.2, -0.15) is 0 Å². The lowest BCUT2D eigenvalue weighted by Crippen LogP contribution is -2.43. The maximum absolute atomic E-state index is 2.62. The summed E-state index contributed by atoms with van der Waals surface area (Å²) >= 11 is 0. The van der Waals surface area contributed by atoms with Crippen LogP contribution in [0.25, 0.3) is 0 Å². The summed E-state index contributed by atoms with van der Waals surface area (Å²) in [6.07, 6.45) is 3.70. The summed E-state index contributed by atoms with van der Waals surface area (Å²) in [5.74, 6) is 0. The summed E-state index contributed by atoms with van der Waals surface area (Å²) in [4.78, 5) is 2.62. The Morgan fingerprint density at radius 1 is 0.818 bits per heavy atom. The number of hydrogen-bond donors (Lipinski definition) is 0. The lowest BCUT2D eigenvalue weighted by atomic mass is 9.68. The molecule has 2 aromatic carbocycles. The molecule has 0 spiro atoms. The zero-order valence-corrected chi connectivity index (χ0v) is 14.2. The molecule has 1 nitrogen and oxygen atoms in total. The van der Waals surface area contributed by atoms with Crippen molar-refractivity contribution < 1.29 is 0 Å². The van der Waals surface area contributed by atoms with Gasteiger partial charge in [0.15, 0.2) is 0 Å². The molecule has 1 aliphatic heterocycles. The standard InChI is InChI=1S/C20H25N.ClH/c1-2-15-21-16-13-20(14-17-21,18-9-5-3-6-10-18)19-11-7-4-8-12-19;/h3-12H,2,13-17H2,1H3;1H. The fraction of sp³-hybridized carbons (Fsp3) is 0.400. The molecule has 1 heterocycles. The fourth-order valence-corrected chi connectivity index (χ4v) is 3.73. The van der Waals surface area contributed by atoms with Crippen molar-refractivity contribution in [1.29, 1.82) is 0 Å². The van der Waals surface area contributed by atoms with Crippen molar-refractivity contribution in [3.8, 4) is 0 Å². The Morgan fingerprint density at radius 2 is 1.27 bits per heavy atom. The number of hydrogen-bond acceptors (Lipinski definition) is 1. The van der Waals surface area contributed by atoms with Crippen LogP contribution in [0.3, 0.4) is 0 Å². The van der Waals surface area contributed by atoms with E-state index in [2.05, 4.69) is 72.5 Å². The van der Waals surface area contributed by atoms with Gasteiger partial charge >= 0.3 is 0 Å². The number of rotatable bonds is 4. The zero-order chi connectivity index (χ0) is 14.5. The van der Waals surface area contributed by atoms with Crippen molar-refractivity contribution >= 4 is 12.4 Å². The molecule has 0 aliphatic carbocycles. The van der Waals surface area contributed by atoms with Crippen LogP contribution in [0.15, 0.2) is 60.7 Å². The van der Waals surface area contributed by atoms with Gasteiger partial charge in [0.1, 0.15) is 0 Å². The van der Waals surface area contributed by atoms with Crippen LogP contribution >= 0.6 is 12.4 Å². The Balaban J connectivity index is 0.00000176. The molecule has 0 amide bonds. The van der Waals surface area contributed by atoms with E-state index in [1.165, 1.54) is 50.0 Å². The van der Waals surface area contributed by atoms with E-state index in [9.17, 15) is 0 Å². The second-order valence-corrected chi connectivity index (χ2v) is 6.16. The molecule has 1 aliphatic rings. The van der Waals surface area contributed by atoms with Gasteiger partial charge in [-0.15, -0.1) is 12.4 Å². The molecule has 118 valence electrons. The number of benzene rings is 2. The molecule has 0 bridgehead atoms. The van der Waals surface area contributed by atoms with E-state index in [-0.39, 0.29) is 17.8 Å². The molecular formula is C20H26ClN. The van der Waals surface area contributed by atoms with Gasteiger partial charge in [-0.05, 0) is 50.0 Å². The van der Waals surface area contributed by atoms with Crippen molar-refractivity contribution in [3.05, 3.63) is 71.8 Å². The normalized spacial score (nSPS) is 17.7. The van der Waals surface area contributed by atoms with Gasteiger partial charge in [-0.1, -0.05) is 67.6 Å². The molecule has 0 N–H and O–H groups in total. The molecule has 1 saturated heterocycles. The third-order valence-electron chi connectivity index (χ3n) is 4.90. The van der Waals surface area contributed by atoms with Gasteiger partial charge in [-0.3, -0.25) is 0 Å². The number of likely N-dealkylation sites (tertiary alicyclic amines) is 1. The second-order valence-electron chi connectivity index (χ2n) is 6.16. The van der Waals surface area contributed by atoms with Gasteiger partial charge < -0.3 is 4.90 Å². The Kier molecular flexibility index (Phi) is 6.05. The smallest absolute Gasteiger partial charge is 0.0227 e. The van der Waals surface area contributed by atoms with Crippen LogP contribution in [-0.2, 0) is 5.41 Å². The monoisotopic (exact) mass is 315 g/mol. The lowest BCUT2D eigenvalue weighted by molar-refractivity contribution is 0.179. The maximum atomic E-state index is 2.62. The van der Waals surface area contributed by atoms with Gasteiger partial charge in [0.25, 0.3) is 0 Å². The number of nitrogens with zero attached hydrogens (tertiary/aromatic N) is 1. The van der Waals surface area contributed by atoms with Crippen molar-refractivity contribution in [1.82, 2.24) is 4.90 Å². The molecular weight excluding hydrogens is 290 g/mol. The summed E-state index contributed by atoms with van der Waals surface area (Å²) in [5, 5.41) is 0. The van der Waals surface area contributed by atoms with Crippen molar-refractivity contribution in [2.45, 2.75) is 31.6 Å². The van der Waals surface area contributed by atoms with Crippen LogP contribution in [0.1, 0.15) is 37.3 Å². The highest BCUT2D eigenvalue weighted by Gasteiger charge is 2.37. The molecule has 0 radical (unpaired) electrons. The molecule has 2 aromatic rings. The average molecular weight is 316 g/mol. The maximum Gasteiger partial charge on any atom is 0.0227 e. The summed E-state index contributed by atoms with van der Waals surface area (Å²) < 4.78 is 0. The van der Waals surface area contributed by atoms with Crippen LogP contribution in [0.2, 0.25) is 0 Å². The molecule has 3 rings (SSSR count). The first kappa shape index (κ1) is 17.1. The van der Waals surface area contributed by atoms with Crippen LogP contribution in [0.5, 0.6) is 0 Å². The predicted molar refractivity (Wildman–Crippen MR) is 96.9 cm³/mol. The van der Waals surface area contributed by atoms with E-state index in [0.717, 1.165) is 0 Å². The minimum Gasteiger partial charge on any atom is -0.303 e. The zero-order valence-electron chi connectivity index (χ0n) is 13.4. The van der Waals surface area contributed by atoms with E-state index in [4.69, 9.17) is 0 Å². The fourth-order valence-electron chi connectivity index (χ4n) is 3.73. The Morgan fingerprint density at radius 3 is 1.68 bits per heavy atom. The van der Waals surface area contributed by atoms with Gasteiger partial charge in [-0.25, -0.2) is 0 Å². The summed E-state index contributed by atoms with van der Waals surface area (Å²) in [6, 6.07) is 22.2. The largest absolute Gasteiger partial charge is 0.303 e. The van der Waals surface area contributed by atoms with E-state index in [1.807, 2.05) is 0 Å². The van der Waals surface area contributed by atoms with E-state index in [1.54, 1.807) is 0 Å². The van der Waals surface area contributed by atoms with Crippen LogP contribution < -0.4 is 0 Å². The summed E-state index contributed by atoms with van der Waals surface area (Å²) in [6.45, 7) is 5.92.